The number of benzene rings is 2. The Bertz CT molecular complexity index is 809. The molecule has 1 aliphatic rings. The Morgan fingerprint density at radius 3 is 2.32 bits per heavy atom. The van der Waals surface area contributed by atoms with E-state index >= 15 is 0 Å². The lowest BCUT2D eigenvalue weighted by Gasteiger charge is -2.18. The number of hydrogen-bond acceptors (Lipinski definition) is 3. The predicted molar refractivity (Wildman–Crippen MR) is 73.6 cm³/mol. The van der Waals surface area contributed by atoms with E-state index in [0.29, 0.717) is 5.69 Å². The predicted octanol–water partition coefficient (Wildman–Crippen LogP) is 2.87. The van der Waals surface area contributed by atoms with Crippen LogP contribution in [-0.2, 0) is 5.60 Å². The van der Waals surface area contributed by atoms with Gasteiger partial charge >= 0.3 is 0 Å². The first-order chi connectivity index (χ1) is 9.18. The van der Waals surface area contributed by atoms with Crippen LogP contribution in [0.15, 0.2) is 48.5 Å². The molecular weight excluding hydrogens is 236 g/mol. The van der Waals surface area contributed by atoms with Crippen molar-refractivity contribution in [2.24, 2.45) is 0 Å². The van der Waals surface area contributed by atoms with Gasteiger partial charge in [-0.2, -0.15) is 0 Å². The van der Waals surface area contributed by atoms with Crippen LogP contribution in [0.3, 0.4) is 0 Å². The molecule has 0 saturated carbocycles. The summed E-state index contributed by atoms with van der Waals surface area (Å²) in [5, 5.41) is 10.8. The van der Waals surface area contributed by atoms with Gasteiger partial charge in [-0.05, 0) is 24.6 Å². The van der Waals surface area contributed by atoms with Crippen LogP contribution in [0, 0.1) is 0 Å². The number of hydrogen-bond donors (Lipinski definition) is 1. The minimum absolute atomic E-state index is 0.646. The molecule has 92 valence electrons. The van der Waals surface area contributed by atoms with Crippen LogP contribution in [0.4, 0.5) is 0 Å². The van der Waals surface area contributed by atoms with Crippen LogP contribution in [0.25, 0.3) is 22.3 Å². The van der Waals surface area contributed by atoms with E-state index in [2.05, 4.69) is 9.97 Å². The van der Waals surface area contributed by atoms with Crippen LogP contribution in [0.2, 0.25) is 0 Å². The third-order valence-corrected chi connectivity index (χ3v) is 3.74. The van der Waals surface area contributed by atoms with E-state index in [1.807, 2.05) is 48.5 Å². The highest BCUT2D eigenvalue weighted by atomic mass is 16.3. The number of nitrogens with zero attached hydrogens (tertiary/aromatic N) is 2. The SMILES string of the molecule is CC1(O)c2ccccc2-c2nc3ccccc3nc21. The zero-order chi connectivity index (χ0) is 13.0. The molecule has 1 atom stereocenters. The highest BCUT2D eigenvalue weighted by Gasteiger charge is 2.40. The fourth-order valence-electron chi connectivity index (χ4n) is 2.77. The molecule has 1 aliphatic carbocycles. The van der Waals surface area contributed by atoms with Gasteiger partial charge in [0.1, 0.15) is 11.3 Å². The first-order valence-corrected chi connectivity index (χ1v) is 6.27. The van der Waals surface area contributed by atoms with Crippen molar-refractivity contribution < 1.29 is 5.11 Å². The zero-order valence-electron chi connectivity index (χ0n) is 10.5. The third kappa shape index (κ3) is 1.30. The van der Waals surface area contributed by atoms with Gasteiger partial charge < -0.3 is 5.11 Å². The molecule has 1 N–H and O–H groups in total. The quantitative estimate of drug-likeness (QED) is 0.665. The van der Waals surface area contributed by atoms with Crippen molar-refractivity contribution in [3.05, 3.63) is 59.8 Å². The lowest BCUT2D eigenvalue weighted by atomic mass is 9.97. The van der Waals surface area contributed by atoms with E-state index < -0.39 is 5.60 Å². The molecule has 0 spiro atoms. The van der Waals surface area contributed by atoms with Gasteiger partial charge in [0.25, 0.3) is 0 Å². The summed E-state index contributed by atoms with van der Waals surface area (Å²) in [5.41, 5.74) is 3.89. The lowest BCUT2D eigenvalue weighted by Crippen LogP contribution is -2.20. The summed E-state index contributed by atoms with van der Waals surface area (Å²) in [6, 6.07) is 15.5. The zero-order valence-corrected chi connectivity index (χ0v) is 10.5. The average Bonchev–Trinajstić information content (AvgIpc) is 2.66. The smallest absolute Gasteiger partial charge is 0.131 e. The molecule has 1 unspecified atom stereocenters. The molecule has 3 heteroatoms. The monoisotopic (exact) mass is 248 g/mol. The maximum Gasteiger partial charge on any atom is 0.131 e. The summed E-state index contributed by atoms with van der Waals surface area (Å²) < 4.78 is 0. The third-order valence-electron chi connectivity index (χ3n) is 3.74. The van der Waals surface area contributed by atoms with Crippen LogP contribution >= 0.6 is 0 Å². The van der Waals surface area contributed by atoms with Crippen molar-refractivity contribution in [1.82, 2.24) is 9.97 Å². The van der Waals surface area contributed by atoms with Crippen LogP contribution in [0.1, 0.15) is 18.2 Å². The molecule has 1 heterocycles. The van der Waals surface area contributed by atoms with Crippen molar-refractivity contribution in [3.63, 3.8) is 0 Å². The molecule has 4 rings (SSSR count). The summed E-state index contributed by atoms with van der Waals surface area (Å²) >= 11 is 0. The molecule has 0 saturated heterocycles. The molecular formula is C16H12N2O. The van der Waals surface area contributed by atoms with E-state index in [4.69, 9.17) is 0 Å². The summed E-state index contributed by atoms with van der Waals surface area (Å²) in [5.74, 6) is 0. The largest absolute Gasteiger partial charge is 0.379 e. The van der Waals surface area contributed by atoms with Crippen molar-refractivity contribution in [1.29, 1.82) is 0 Å². The van der Waals surface area contributed by atoms with Crippen LogP contribution < -0.4 is 0 Å². The normalized spacial score (nSPS) is 20.3. The molecule has 2 aromatic carbocycles. The van der Waals surface area contributed by atoms with E-state index in [9.17, 15) is 5.11 Å². The minimum atomic E-state index is -1.07. The van der Waals surface area contributed by atoms with Gasteiger partial charge in [0.05, 0.1) is 16.7 Å². The molecule has 0 fully saturated rings. The number of rotatable bonds is 0. The van der Waals surface area contributed by atoms with E-state index in [1.165, 1.54) is 0 Å². The maximum atomic E-state index is 10.8. The van der Waals surface area contributed by atoms with Gasteiger partial charge in [0.15, 0.2) is 0 Å². The van der Waals surface area contributed by atoms with Crippen molar-refractivity contribution in [2.45, 2.75) is 12.5 Å². The molecule has 0 radical (unpaired) electrons. The standard InChI is InChI=1S/C16H12N2O/c1-16(19)11-7-3-2-6-10(11)14-15(16)18-13-9-5-4-8-12(13)17-14/h2-9,19H,1H3. The van der Waals surface area contributed by atoms with Gasteiger partial charge in [-0.3, -0.25) is 0 Å². The van der Waals surface area contributed by atoms with Gasteiger partial charge in [-0.15, -0.1) is 0 Å². The molecule has 0 bridgehead atoms. The molecule has 3 aromatic rings. The van der Waals surface area contributed by atoms with Gasteiger partial charge in [0, 0.05) is 5.56 Å². The Morgan fingerprint density at radius 2 is 1.53 bits per heavy atom. The second-order valence-electron chi connectivity index (χ2n) is 5.03. The number of aliphatic hydroxyl groups is 1. The van der Waals surface area contributed by atoms with Crippen molar-refractivity contribution in [3.8, 4) is 11.3 Å². The molecule has 3 nitrogen and oxygen atoms in total. The number of aromatic nitrogens is 2. The summed E-state index contributed by atoms with van der Waals surface area (Å²) in [6.07, 6.45) is 0. The van der Waals surface area contributed by atoms with Gasteiger partial charge in [-0.25, -0.2) is 9.97 Å². The van der Waals surface area contributed by atoms with Crippen molar-refractivity contribution in [2.75, 3.05) is 0 Å². The average molecular weight is 248 g/mol. The second kappa shape index (κ2) is 3.39. The lowest BCUT2D eigenvalue weighted by molar-refractivity contribution is 0.103. The number of para-hydroxylation sites is 2. The molecule has 1 aromatic heterocycles. The summed E-state index contributed by atoms with van der Waals surface area (Å²) in [6.45, 7) is 1.78. The Labute approximate surface area is 110 Å². The van der Waals surface area contributed by atoms with Gasteiger partial charge in [-0.1, -0.05) is 36.4 Å². The number of fused-ring (bicyclic) bond motifs is 4. The molecule has 19 heavy (non-hydrogen) atoms. The minimum Gasteiger partial charge on any atom is -0.379 e. The van der Waals surface area contributed by atoms with Crippen LogP contribution in [-0.4, -0.2) is 15.1 Å². The topological polar surface area (TPSA) is 46.0 Å². The fourth-order valence-corrected chi connectivity index (χ4v) is 2.77. The van der Waals surface area contributed by atoms with E-state index in [-0.39, 0.29) is 0 Å². The first-order valence-electron chi connectivity index (χ1n) is 6.27. The highest BCUT2D eigenvalue weighted by Crippen LogP contribution is 2.45. The van der Waals surface area contributed by atoms with Crippen molar-refractivity contribution >= 4 is 11.0 Å². The fraction of sp³-hybridized carbons (Fsp3) is 0.125. The second-order valence-corrected chi connectivity index (χ2v) is 5.03. The maximum absolute atomic E-state index is 10.8. The van der Waals surface area contributed by atoms with E-state index in [1.54, 1.807) is 6.92 Å². The van der Waals surface area contributed by atoms with Gasteiger partial charge in [0.2, 0.25) is 0 Å². The molecule has 0 aliphatic heterocycles. The first kappa shape index (κ1) is 10.6. The van der Waals surface area contributed by atoms with E-state index in [0.717, 1.165) is 27.9 Å². The summed E-state index contributed by atoms with van der Waals surface area (Å²) in [7, 11) is 0. The Balaban J connectivity index is 2.15. The Morgan fingerprint density at radius 1 is 0.895 bits per heavy atom. The molecule has 0 amide bonds. The summed E-state index contributed by atoms with van der Waals surface area (Å²) in [4.78, 5) is 9.28. The Hall–Kier alpha value is -2.26. The highest BCUT2D eigenvalue weighted by molar-refractivity contribution is 5.83. The Kier molecular flexibility index (Phi) is 1.90. The van der Waals surface area contributed by atoms with Crippen LogP contribution in [0.5, 0.6) is 0 Å².